The fourth-order valence-corrected chi connectivity index (χ4v) is 1.98. The van der Waals surface area contributed by atoms with E-state index in [4.69, 9.17) is 4.74 Å². The molecule has 0 saturated carbocycles. The van der Waals surface area contributed by atoms with Crippen LogP contribution in [0.4, 0.5) is 0 Å². The van der Waals surface area contributed by atoms with Gasteiger partial charge in [0.05, 0.1) is 6.10 Å². The molecule has 0 saturated heterocycles. The third-order valence-corrected chi connectivity index (χ3v) is 2.94. The van der Waals surface area contributed by atoms with Crippen LogP contribution in [0.15, 0.2) is 47.2 Å². The van der Waals surface area contributed by atoms with Crippen molar-refractivity contribution in [1.82, 2.24) is 4.98 Å². The van der Waals surface area contributed by atoms with E-state index >= 15 is 0 Å². The van der Waals surface area contributed by atoms with Gasteiger partial charge < -0.3 is 9.84 Å². The molecule has 0 unspecified atom stereocenters. The van der Waals surface area contributed by atoms with Crippen LogP contribution in [0.1, 0.15) is 24.2 Å². The van der Waals surface area contributed by atoms with Crippen molar-refractivity contribution in [2.24, 2.45) is 0 Å². The minimum atomic E-state index is -0.485. The molecule has 0 aliphatic rings. The van der Waals surface area contributed by atoms with Gasteiger partial charge in [-0.2, -0.15) is 0 Å². The Kier molecular flexibility index (Phi) is 4.33. The maximum atomic E-state index is 9.50. The zero-order valence-corrected chi connectivity index (χ0v) is 11.6. The normalized spacial score (nSPS) is 12.2. The van der Waals surface area contributed by atoms with Crippen molar-refractivity contribution < 1.29 is 9.84 Å². The summed E-state index contributed by atoms with van der Waals surface area (Å²) in [4.78, 5) is 4.08. The van der Waals surface area contributed by atoms with Crippen molar-refractivity contribution in [2.75, 3.05) is 0 Å². The number of nitrogens with zero attached hydrogens (tertiary/aromatic N) is 1. The monoisotopic (exact) mass is 307 g/mol. The van der Waals surface area contributed by atoms with Gasteiger partial charge in [0.1, 0.15) is 12.4 Å². The lowest BCUT2D eigenvalue weighted by molar-refractivity contribution is 0.198. The van der Waals surface area contributed by atoms with Gasteiger partial charge in [-0.15, -0.1) is 0 Å². The number of halogens is 1. The molecule has 2 aromatic rings. The van der Waals surface area contributed by atoms with E-state index in [9.17, 15) is 5.11 Å². The van der Waals surface area contributed by atoms with Crippen molar-refractivity contribution in [3.8, 4) is 5.75 Å². The van der Waals surface area contributed by atoms with Gasteiger partial charge in [0.2, 0.25) is 0 Å². The highest BCUT2D eigenvalue weighted by atomic mass is 79.9. The molecule has 0 aliphatic carbocycles. The highest BCUT2D eigenvalue weighted by Crippen LogP contribution is 2.20. The first-order valence-corrected chi connectivity index (χ1v) is 6.45. The van der Waals surface area contributed by atoms with Crippen molar-refractivity contribution >= 4 is 15.9 Å². The lowest BCUT2D eigenvalue weighted by atomic mass is 10.1. The van der Waals surface area contributed by atoms with Crippen LogP contribution < -0.4 is 4.74 Å². The van der Waals surface area contributed by atoms with Crippen LogP contribution >= 0.6 is 15.9 Å². The predicted octanol–water partition coefficient (Wildman–Crippen LogP) is 3.48. The fraction of sp³-hybridized carbons (Fsp3) is 0.214. The van der Waals surface area contributed by atoms with Crippen LogP contribution in [-0.2, 0) is 6.61 Å². The van der Waals surface area contributed by atoms with Gasteiger partial charge in [-0.3, -0.25) is 4.98 Å². The second kappa shape index (κ2) is 5.98. The number of hydrogen-bond donors (Lipinski definition) is 1. The van der Waals surface area contributed by atoms with E-state index in [1.165, 1.54) is 0 Å². The lowest BCUT2D eigenvalue weighted by Gasteiger charge is -2.09. The number of aliphatic hydroxyl groups is 1. The largest absolute Gasteiger partial charge is 0.489 e. The summed E-state index contributed by atoms with van der Waals surface area (Å²) in [6, 6.07) is 9.42. The molecule has 1 aromatic heterocycles. The molecule has 0 spiro atoms. The molecular weight excluding hydrogens is 294 g/mol. The Hall–Kier alpha value is -1.39. The van der Waals surface area contributed by atoms with Gasteiger partial charge in [0, 0.05) is 22.4 Å². The number of rotatable bonds is 4. The first kappa shape index (κ1) is 13.1. The Labute approximate surface area is 115 Å². The molecule has 94 valence electrons. The quantitative estimate of drug-likeness (QED) is 0.940. The highest BCUT2D eigenvalue weighted by Gasteiger charge is 2.03. The molecule has 0 aliphatic heterocycles. The summed E-state index contributed by atoms with van der Waals surface area (Å²) in [6.45, 7) is 2.19. The molecule has 1 heterocycles. The standard InChI is InChI=1S/C14H14BrNO2/c1-10(17)12-3-2-4-14(6-12)18-9-11-5-13(15)8-16-7-11/h2-8,10,17H,9H2,1H3/t10-/m1/s1. The van der Waals surface area contributed by atoms with E-state index in [-0.39, 0.29) is 0 Å². The predicted molar refractivity (Wildman–Crippen MR) is 73.3 cm³/mol. The zero-order chi connectivity index (χ0) is 13.0. The van der Waals surface area contributed by atoms with Crippen LogP contribution in [0.25, 0.3) is 0 Å². The Morgan fingerprint density at radius 3 is 2.89 bits per heavy atom. The molecule has 2 rings (SSSR count). The number of pyridine rings is 1. The third-order valence-electron chi connectivity index (χ3n) is 2.51. The van der Waals surface area contributed by atoms with Gasteiger partial charge in [-0.1, -0.05) is 12.1 Å². The summed E-state index contributed by atoms with van der Waals surface area (Å²) < 4.78 is 6.60. The summed E-state index contributed by atoms with van der Waals surface area (Å²) >= 11 is 3.37. The third kappa shape index (κ3) is 3.55. The molecule has 3 nitrogen and oxygen atoms in total. The van der Waals surface area contributed by atoms with Crippen molar-refractivity contribution in [1.29, 1.82) is 0 Å². The average Bonchev–Trinajstić information content (AvgIpc) is 2.37. The Morgan fingerprint density at radius 1 is 1.33 bits per heavy atom. The van der Waals surface area contributed by atoms with Gasteiger partial charge in [-0.25, -0.2) is 0 Å². The van der Waals surface area contributed by atoms with Crippen LogP contribution in [0.2, 0.25) is 0 Å². The molecule has 0 radical (unpaired) electrons. The van der Waals surface area contributed by atoms with E-state index in [2.05, 4.69) is 20.9 Å². The van der Waals surface area contributed by atoms with Crippen LogP contribution in [0, 0.1) is 0 Å². The molecule has 4 heteroatoms. The Balaban J connectivity index is 2.04. The fourth-order valence-electron chi connectivity index (χ4n) is 1.57. The molecule has 1 aromatic carbocycles. The van der Waals surface area contributed by atoms with E-state index in [0.29, 0.717) is 6.61 Å². The van der Waals surface area contributed by atoms with E-state index in [1.807, 2.05) is 30.3 Å². The number of benzene rings is 1. The van der Waals surface area contributed by atoms with Gasteiger partial charge in [0.25, 0.3) is 0 Å². The number of aromatic nitrogens is 1. The maximum absolute atomic E-state index is 9.50. The van der Waals surface area contributed by atoms with Crippen molar-refractivity contribution in [3.63, 3.8) is 0 Å². The number of hydrogen-bond acceptors (Lipinski definition) is 3. The van der Waals surface area contributed by atoms with Crippen LogP contribution in [0.3, 0.4) is 0 Å². The maximum Gasteiger partial charge on any atom is 0.120 e. The SMILES string of the molecule is C[C@@H](O)c1cccc(OCc2cncc(Br)c2)c1. The lowest BCUT2D eigenvalue weighted by Crippen LogP contribution is -1.97. The van der Waals surface area contributed by atoms with Gasteiger partial charge in [-0.05, 0) is 46.6 Å². The number of aliphatic hydroxyl groups excluding tert-OH is 1. The molecule has 0 bridgehead atoms. The average molecular weight is 308 g/mol. The first-order valence-electron chi connectivity index (χ1n) is 5.65. The first-order chi connectivity index (χ1) is 8.65. The van der Waals surface area contributed by atoms with Crippen LogP contribution in [-0.4, -0.2) is 10.1 Å². The van der Waals surface area contributed by atoms with Crippen molar-refractivity contribution in [3.05, 3.63) is 58.3 Å². The molecule has 1 N–H and O–H groups in total. The topological polar surface area (TPSA) is 42.4 Å². The van der Waals surface area contributed by atoms with Gasteiger partial charge >= 0.3 is 0 Å². The minimum absolute atomic E-state index is 0.454. The molecular formula is C14H14BrNO2. The minimum Gasteiger partial charge on any atom is -0.489 e. The van der Waals surface area contributed by atoms with E-state index in [0.717, 1.165) is 21.3 Å². The summed E-state index contributed by atoms with van der Waals surface area (Å²) in [6.07, 6.45) is 3.02. The Bertz CT molecular complexity index is 529. The zero-order valence-electron chi connectivity index (χ0n) is 10.0. The second-order valence-corrected chi connectivity index (χ2v) is 4.96. The van der Waals surface area contributed by atoms with Crippen LogP contribution in [0.5, 0.6) is 5.75 Å². The van der Waals surface area contributed by atoms with Crippen molar-refractivity contribution in [2.45, 2.75) is 19.6 Å². The smallest absolute Gasteiger partial charge is 0.120 e. The van der Waals surface area contributed by atoms with Gasteiger partial charge in [0.15, 0.2) is 0 Å². The number of ether oxygens (including phenoxy) is 1. The highest BCUT2D eigenvalue weighted by molar-refractivity contribution is 9.10. The molecule has 1 atom stereocenters. The Morgan fingerprint density at radius 2 is 2.17 bits per heavy atom. The summed E-state index contributed by atoms with van der Waals surface area (Å²) in [5, 5.41) is 9.50. The summed E-state index contributed by atoms with van der Waals surface area (Å²) in [5.41, 5.74) is 1.84. The molecule has 0 fully saturated rings. The summed E-state index contributed by atoms with van der Waals surface area (Å²) in [7, 11) is 0. The second-order valence-electron chi connectivity index (χ2n) is 4.05. The van der Waals surface area contributed by atoms with E-state index < -0.39 is 6.10 Å². The molecule has 0 amide bonds. The van der Waals surface area contributed by atoms with E-state index in [1.54, 1.807) is 19.3 Å². The summed E-state index contributed by atoms with van der Waals surface area (Å²) in [5.74, 6) is 0.744. The molecule has 18 heavy (non-hydrogen) atoms.